The monoisotopic (exact) mass is 236 g/mol. The summed E-state index contributed by atoms with van der Waals surface area (Å²) < 4.78 is 0. The Hall–Kier alpha value is -1.16. The third-order valence-corrected chi connectivity index (χ3v) is 3.68. The molecule has 4 heteroatoms. The summed E-state index contributed by atoms with van der Waals surface area (Å²) in [5.74, 6) is 0.604. The molecule has 0 aromatic carbocycles. The molecule has 0 unspecified atom stereocenters. The molecular formula is C12H16N2OS. The van der Waals surface area contributed by atoms with E-state index in [1.165, 1.54) is 24.2 Å². The van der Waals surface area contributed by atoms with Crippen molar-refractivity contribution in [1.29, 1.82) is 0 Å². The van der Waals surface area contributed by atoms with E-state index in [-0.39, 0.29) is 5.91 Å². The van der Waals surface area contributed by atoms with Gasteiger partial charge in [-0.1, -0.05) is 13.0 Å². The van der Waals surface area contributed by atoms with Crippen LogP contribution in [0.1, 0.15) is 42.3 Å². The number of carbonyl (C=O) groups excluding carboxylic acids is 1. The van der Waals surface area contributed by atoms with E-state index in [2.05, 4.69) is 17.5 Å². The number of amides is 1. The van der Waals surface area contributed by atoms with Gasteiger partial charge in [-0.2, -0.15) is 5.10 Å². The summed E-state index contributed by atoms with van der Waals surface area (Å²) in [6.07, 6.45) is 4.51. The van der Waals surface area contributed by atoms with Crippen molar-refractivity contribution in [2.75, 3.05) is 0 Å². The Morgan fingerprint density at radius 3 is 3.19 bits per heavy atom. The Morgan fingerprint density at radius 2 is 2.50 bits per heavy atom. The molecule has 0 aliphatic heterocycles. The van der Waals surface area contributed by atoms with Gasteiger partial charge in [0.2, 0.25) is 0 Å². The Balaban J connectivity index is 1.91. The zero-order valence-corrected chi connectivity index (χ0v) is 10.2. The van der Waals surface area contributed by atoms with Gasteiger partial charge in [0.15, 0.2) is 0 Å². The second kappa shape index (κ2) is 5.25. The SMILES string of the molecule is C[C@@H]1CCCC(=NNC(=O)c2cccs2)C1. The molecule has 1 aromatic rings. The standard InChI is InChI=1S/C12H16N2OS/c1-9-4-2-5-10(8-9)13-14-12(15)11-6-3-7-16-11/h3,6-7,9H,2,4-5,8H2,1H3,(H,14,15)/t9-/m1/s1. The first-order valence-electron chi connectivity index (χ1n) is 5.65. The quantitative estimate of drug-likeness (QED) is 0.788. The summed E-state index contributed by atoms with van der Waals surface area (Å²) >= 11 is 1.44. The van der Waals surface area contributed by atoms with Crippen LogP contribution in [0.4, 0.5) is 0 Å². The van der Waals surface area contributed by atoms with E-state index in [4.69, 9.17) is 0 Å². The zero-order valence-electron chi connectivity index (χ0n) is 9.40. The predicted octanol–water partition coefficient (Wildman–Crippen LogP) is 3.04. The lowest BCUT2D eigenvalue weighted by molar-refractivity contribution is 0.0958. The normalized spacial score (nSPS) is 23.3. The van der Waals surface area contributed by atoms with Crippen molar-refractivity contribution >= 4 is 23.0 Å². The largest absolute Gasteiger partial charge is 0.281 e. The molecule has 1 atom stereocenters. The third-order valence-electron chi connectivity index (χ3n) is 2.81. The molecule has 1 aromatic heterocycles. The van der Waals surface area contributed by atoms with Gasteiger partial charge in [-0.05, 0) is 43.0 Å². The Kier molecular flexibility index (Phi) is 3.72. The minimum absolute atomic E-state index is 0.0965. The number of hydrogen-bond donors (Lipinski definition) is 1. The molecular weight excluding hydrogens is 220 g/mol. The lowest BCUT2D eigenvalue weighted by Gasteiger charge is -2.18. The van der Waals surface area contributed by atoms with Crippen molar-refractivity contribution in [2.24, 2.45) is 11.0 Å². The minimum Gasteiger partial charge on any atom is -0.266 e. The van der Waals surface area contributed by atoms with Gasteiger partial charge in [-0.3, -0.25) is 4.79 Å². The number of nitrogens with zero attached hydrogens (tertiary/aromatic N) is 1. The lowest BCUT2D eigenvalue weighted by atomic mass is 9.89. The van der Waals surface area contributed by atoms with Crippen molar-refractivity contribution in [3.05, 3.63) is 22.4 Å². The van der Waals surface area contributed by atoms with E-state index in [9.17, 15) is 4.79 Å². The molecule has 1 saturated carbocycles. The fourth-order valence-corrected chi connectivity index (χ4v) is 2.57. The highest BCUT2D eigenvalue weighted by Crippen LogP contribution is 2.21. The van der Waals surface area contributed by atoms with E-state index in [0.29, 0.717) is 10.8 Å². The van der Waals surface area contributed by atoms with Gasteiger partial charge >= 0.3 is 0 Å². The van der Waals surface area contributed by atoms with Crippen LogP contribution in [0.25, 0.3) is 0 Å². The van der Waals surface area contributed by atoms with Crippen molar-refractivity contribution in [3.63, 3.8) is 0 Å². The number of rotatable bonds is 2. The topological polar surface area (TPSA) is 41.5 Å². The molecule has 0 radical (unpaired) electrons. The van der Waals surface area contributed by atoms with Gasteiger partial charge in [0.25, 0.3) is 5.91 Å². The molecule has 0 saturated heterocycles. The van der Waals surface area contributed by atoms with Gasteiger partial charge < -0.3 is 0 Å². The van der Waals surface area contributed by atoms with Crippen LogP contribution in [0.3, 0.4) is 0 Å². The van der Waals surface area contributed by atoms with Crippen molar-refractivity contribution in [3.8, 4) is 0 Å². The van der Waals surface area contributed by atoms with Gasteiger partial charge in [-0.25, -0.2) is 5.43 Å². The second-order valence-electron chi connectivity index (χ2n) is 4.30. The minimum atomic E-state index is -0.0965. The molecule has 1 aliphatic carbocycles. The summed E-state index contributed by atoms with van der Waals surface area (Å²) in [5, 5.41) is 6.11. The fourth-order valence-electron chi connectivity index (χ4n) is 1.96. The van der Waals surface area contributed by atoms with Crippen LogP contribution in [-0.2, 0) is 0 Å². The van der Waals surface area contributed by atoms with Crippen LogP contribution in [0, 0.1) is 5.92 Å². The highest BCUT2D eigenvalue weighted by Gasteiger charge is 2.14. The molecule has 1 N–H and O–H groups in total. The van der Waals surface area contributed by atoms with Crippen molar-refractivity contribution in [1.82, 2.24) is 5.43 Å². The number of hydrazone groups is 1. The maximum atomic E-state index is 11.6. The van der Waals surface area contributed by atoms with Gasteiger partial charge in [0.1, 0.15) is 0 Å². The summed E-state index contributed by atoms with van der Waals surface area (Å²) in [4.78, 5) is 12.3. The van der Waals surface area contributed by atoms with Crippen LogP contribution in [0.2, 0.25) is 0 Å². The van der Waals surface area contributed by atoms with E-state index in [1.54, 1.807) is 0 Å². The summed E-state index contributed by atoms with van der Waals surface area (Å²) in [6.45, 7) is 2.23. The second-order valence-corrected chi connectivity index (χ2v) is 5.25. The maximum Gasteiger partial charge on any atom is 0.281 e. The van der Waals surface area contributed by atoms with E-state index in [0.717, 1.165) is 18.6 Å². The van der Waals surface area contributed by atoms with Crippen LogP contribution in [0.15, 0.2) is 22.6 Å². The Morgan fingerprint density at radius 1 is 1.62 bits per heavy atom. The van der Waals surface area contributed by atoms with Crippen molar-refractivity contribution in [2.45, 2.75) is 32.6 Å². The number of nitrogens with one attached hydrogen (secondary N) is 1. The summed E-state index contributed by atoms with van der Waals surface area (Å²) in [7, 11) is 0. The molecule has 86 valence electrons. The summed E-state index contributed by atoms with van der Waals surface area (Å²) in [6, 6.07) is 3.68. The first kappa shape index (κ1) is 11.3. The van der Waals surface area contributed by atoms with Crippen molar-refractivity contribution < 1.29 is 4.79 Å². The van der Waals surface area contributed by atoms with Gasteiger partial charge in [-0.15, -0.1) is 11.3 Å². The van der Waals surface area contributed by atoms with Crippen LogP contribution in [0.5, 0.6) is 0 Å². The molecule has 1 heterocycles. The van der Waals surface area contributed by atoms with E-state index >= 15 is 0 Å². The molecule has 3 nitrogen and oxygen atoms in total. The molecule has 1 amide bonds. The zero-order chi connectivity index (χ0) is 11.4. The van der Waals surface area contributed by atoms with E-state index < -0.39 is 0 Å². The van der Waals surface area contributed by atoms with Crippen LogP contribution >= 0.6 is 11.3 Å². The molecule has 0 spiro atoms. The molecule has 0 bridgehead atoms. The predicted molar refractivity (Wildman–Crippen MR) is 66.9 cm³/mol. The molecule has 1 fully saturated rings. The average Bonchev–Trinajstić information content (AvgIpc) is 2.79. The Bertz CT molecular complexity index is 384. The van der Waals surface area contributed by atoms with Gasteiger partial charge in [0.05, 0.1) is 4.88 Å². The molecule has 2 rings (SSSR count). The lowest BCUT2D eigenvalue weighted by Crippen LogP contribution is -2.21. The van der Waals surface area contributed by atoms with Gasteiger partial charge in [0, 0.05) is 5.71 Å². The first-order chi connectivity index (χ1) is 7.75. The van der Waals surface area contributed by atoms with Crippen LogP contribution < -0.4 is 5.43 Å². The Labute approximate surface area is 99.6 Å². The molecule has 16 heavy (non-hydrogen) atoms. The molecule has 1 aliphatic rings. The third kappa shape index (κ3) is 2.92. The number of thiophene rings is 1. The highest BCUT2D eigenvalue weighted by molar-refractivity contribution is 7.12. The van der Waals surface area contributed by atoms with E-state index in [1.807, 2.05) is 17.5 Å². The smallest absolute Gasteiger partial charge is 0.266 e. The van der Waals surface area contributed by atoms with Crippen LogP contribution in [-0.4, -0.2) is 11.6 Å². The number of hydrogen-bond acceptors (Lipinski definition) is 3. The average molecular weight is 236 g/mol. The fraction of sp³-hybridized carbons (Fsp3) is 0.500. The maximum absolute atomic E-state index is 11.6. The summed E-state index contributed by atoms with van der Waals surface area (Å²) in [5.41, 5.74) is 3.76. The highest BCUT2D eigenvalue weighted by atomic mass is 32.1. The first-order valence-corrected chi connectivity index (χ1v) is 6.53. The number of carbonyl (C=O) groups is 1.